The lowest BCUT2D eigenvalue weighted by atomic mass is 10.0. The molecule has 220 valence electrons. The van der Waals surface area contributed by atoms with Crippen molar-refractivity contribution < 1.29 is 17.9 Å². The minimum Gasteiger partial charge on any atom is -0.487 e. The molecule has 42 heavy (non-hydrogen) atoms. The van der Waals surface area contributed by atoms with Gasteiger partial charge in [0, 0.05) is 31.6 Å². The van der Waals surface area contributed by atoms with E-state index in [1.54, 1.807) is 37.6 Å². The van der Waals surface area contributed by atoms with Crippen LogP contribution in [-0.4, -0.2) is 64.5 Å². The predicted octanol–water partition coefficient (Wildman–Crippen LogP) is 2.60. The van der Waals surface area contributed by atoms with Crippen LogP contribution in [0.3, 0.4) is 0 Å². The van der Waals surface area contributed by atoms with Gasteiger partial charge in [0.15, 0.2) is 5.69 Å². The summed E-state index contributed by atoms with van der Waals surface area (Å²) in [4.78, 5) is 37.3. The highest BCUT2D eigenvalue weighted by Crippen LogP contribution is 2.30. The van der Waals surface area contributed by atoms with Gasteiger partial charge in [0.25, 0.3) is 11.5 Å². The molecule has 3 aromatic heterocycles. The molecule has 0 aliphatic carbocycles. The Morgan fingerprint density at radius 3 is 2.69 bits per heavy atom. The maximum Gasteiger partial charge on any atom is 0.285 e. The standard InChI is InChI=1S/C27H29ClN8O5S/c1-15-11-19(16(2)31-21-5-6-22(28)32-24(21)25(37)34-42(4,39)40)23-20(12-15)26(38)35(3)27(33-23)36-10-8-18(14-36)41-17-7-9-29-30-13-17/h5-7,9,11-13,16,18,31H,8,10,14H2,1-4H3,(H,34,37)/t16-,18-/m1/s1. The number of aromatic nitrogens is 5. The number of ether oxygens (including phenoxy) is 1. The van der Waals surface area contributed by atoms with E-state index in [1.807, 2.05) is 29.5 Å². The van der Waals surface area contributed by atoms with Crippen LogP contribution in [0.25, 0.3) is 10.9 Å². The molecule has 1 fully saturated rings. The fraction of sp³-hybridized carbons (Fsp3) is 0.333. The van der Waals surface area contributed by atoms with E-state index in [9.17, 15) is 18.0 Å². The molecule has 0 radical (unpaired) electrons. The third kappa shape index (κ3) is 6.29. The van der Waals surface area contributed by atoms with Gasteiger partial charge in [-0.05, 0) is 37.6 Å². The van der Waals surface area contributed by atoms with E-state index in [-0.39, 0.29) is 28.2 Å². The lowest BCUT2D eigenvalue weighted by molar-refractivity contribution is 0.0977. The van der Waals surface area contributed by atoms with Crippen molar-refractivity contribution in [3.05, 3.63) is 75.1 Å². The molecular weight excluding hydrogens is 584 g/mol. The van der Waals surface area contributed by atoms with Crippen LogP contribution >= 0.6 is 11.6 Å². The number of anilines is 2. The van der Waals surface area contributed by atoms with E-state index in [0.717, 1.165) is 18.2 Å². The van der Waals surface area contributed by atoms with Crippen molar-refractivity contribution in [3.8, 4) is 5.75 Å². The zero-order chi connectivity index (χ0) is 30.2. The number of halogens is 1. The van der Waals surface area contributed by atoms with E-state index in [4.69, 9.17) is 21.3 Å². The number of aryl methyl sites for hydroxylation is 1. The first-order valence-electron chi connectivity index (χ1n) is 13.0. The van der Waals surface area contributed by atoms with Crippen molar-refractivity contribution >= 4 is 50.1 Å². The number of carbonyl (C=O) groups is 1. The maximum absolute atomic E-state index is 13.6. The zero-order valence-electron chi connectivity index (χ0n) is 23.3. The van der Waals surface area contributed by atoms with Crippen molar-refractivity contribution in [2.75, 3.05) is 29.6 Å². The van der Waals surface area contributed by atoms with Crippen LogP contribution in [-0.2, 0) is 17.1 Å². The molecule has 4 aromatic rings. The molecule has 0 saturated carbocycles. The Morgan fingerprint density at radius 1 is 1.19 bits per heavy atom. The van der Waals surface area contributed by atoms with Gasteiger partial charge in [-0.2, -0.15) is 10.2 Å². The molecule has 15 heteroatoms. The Labute approximate surface area is 247 Å². The fourth-order valence-corrected chi connectivity index (χ4v) is 5.53. The van der Waals surface area contributed by atoms with Gasteiger partial charge in [-0.1, -0.05) is 17.7 Å². The number of hydrogen-bond acceptors (Lipinski definition) is 11. The summed E-state index contributed by atoms with van der Waals surface area (Å²) in [5.74, 6) is 0.202. The molecule has 13 nitrogen and oxygen atoms in total. The molecule has 0 unspecified atom stereocenters. The molecule has 4 heterocycles. The maximum atomic E-state index is 13.6. The van der Waals surface area contributed by atoms with E-state index >= 15 is 0 Å². The minimum atomic E-state index is -3.84. The molecule has 1 aromatic carbocycles. The molecule has 1 saturated heterocycles. The summed E-state index contributed by atoms with van der Waals surface area (Å²) in [7, 11) is -2.14. The average molecular weight is 613 g/mol. The van der Waals surface area contributed by atoms with E-state index in [2.05, 4.69) is 20.5 Å². The van der Waals surface area contributed by atoms with E-state index in [1.165, 1.54) is 10.6 Å². The monoisotopic (exact) mass is 612 g/mol. The number of nitrogens with zero attached hydrogens (tertiary/aromatic N) is 6. The summed E-state index contributed by atoms with van der Waals surface area (Å²) in [6.07, 6.45) is 4.61. The van der Waals surface area contributed by atoms with Crippen LogP contribution < -0.4 is 25.2 Å². The normalized spacial score (nSPS) is 15.9. The van der Waals surface area contributed by atoms with Crippen LogP contribution in [0.15, 0.2) is 47.5 Å². The van der Waals surface area contributed by atoms with E-state index < -0.39 is 22.0 Å². The summed E-state index contributed by atoms with van der Waals surface area (Å²) >= 11 is 6.02. The molecule has 1 amide bonds. The molecule has 0 spiro atoms. The molecule has 2 atom stereocenters. The van der Waals surface area contributed by atoms with Crippen LogP contribution in [0.5, 0.6) is 5.75 Å². The zero-order valence-corrected chi connectivity index (χ0v) is 24.9. The molecular formula is C27H29ClN8O5S. The van der Waals surface area contributed by atoms with Gasteiger partial charge in [-0.15, -0.1) is 0 Å². The second-order valence-electron chi connectivity index (χ2n) is 10.2. The Hall–Kier alpha value is -4.30. The first kappa shape index (κ1) is 29.2. The Kier molecular flexibility index (Phi) is 8.01. The topological polar surface area (TPSA) is 161 Å². The molecule has 1 aliphatic rings. The lowest BCUT2D eigenvalue weighted by Crippen LogP contribution is -2.32. The Balaban J connectivity index is 1.49. The smallest absolute Gasteiger partial charge is 0.285 e. The number of pyridine rings is 1. The molecule has 2 N–H and O–H groups in total. The quantitative estimate of drug-likeness (QED) is 0.281. The molecule has 5 rings (SSSR count). The highest BCUT2D eigenvalue weighted by atomic mass is 35.5. The second-order valence-corrected chi connectivity index (χ2v) is 12.3. The van der Waals surface area contributed by atoms with Crippen molar-refractivity contribution in [1.82, 2.24) is 29.5 Å². The van der Waals surface area contributed by atoms with Gasteiger partial charge < -0.3 is 15.0 Å². The molecule has 1 aliphatic heterocycles. The van der Waals surface area contributed by atoms with Gasteiger partial charge in [0.2, 0.25) is 16.0 Å². The van der Waals surface area contributed by atoms with Crippen molar-refractivity contribution in [1.29, 1.82) is 0 Å². The lowest BCUT2D eigenvalue weighted by Gasteiger charge is -2.23. The number of benzene rings is 1. The highest BCUT2D eigenvalue weighted by molar-refractivity contribution is 7.89. The first-order chi connectivity index (χ1) is 19.9. The summed E-state index contributed by atoms with van der Waals surface area (Å²) in [6, 6.07) is 8.02. The number of sulfonamides is 1. The third-order valence-electron chi connectivity index (χ3n) is 6.81. The van der Waals surface area contributed by atoms with Gasteiger partial charge in [0.05, 0.1) is 47.8 Å². The van der Waals surface area contributed by atoms with Crippen molar-refractivity contribution in [2.24, 2.45) is 7.05 Å². The van der Waals surface area contributed by atoms with Gasteiger partial charge >= 0.3 is 0 Å². The number of nitrogens with one attached hydrogen (secondary N) is 2. The van der Waals surface area contributed by atoms with Crippen LogP contribution in [0.1, 0.15) is 41.0 Å². The average Bonchev–Trinajstić information content (AvgIpc) is 3.39. The first-order valence-corrected chi connectivity index (χ1v) is 15.3. The summed E-state index contributed by atoms with van der Waals surface area (Å²) < 4.78 is 32.9. The number of rotatable bonds is 8. The fourth-order valence-electron chi connectivity index (χ4n) is 4.95. The minimum absolute atomic E-state index is 0.0238. The predicted molar refractivity (Wildman–Crippen MR) is 159 cm³/mol. The summed E-state index contributed by atoms with van der Waals surface area (Å²) in [6.45, 7) is 4.90. The number of amides is 1. The van der Waals surface area contributed by atoms with Crippen LogP contribution in [0.2, 0.25) is 5.15 Å². The number of carbonyl (C=O) groups excluding carboxylic acids is 1. The SMILES string of the molecule is Cc1cc([C@@H](C)Nc2ccc(Cl)nc2C(=O)NS(C)(=O)=O)c2nc(N3CC[C@@H](Oc4ccnnc4)C3)n(C)c(=O)c2c1. The number of hydrogen-bond donors (Lipinski definition) is 2. The molecule has 0 bridgehead atoms. The van der Waals surface area contributed by atoms with Gasteiger partial charge in [0.1, 0.15) is 17.0 Å². The second kappa shape index (κ2) is 11.5. The van der Waals surface area contributed by atoms with Crippen LogP contribution in [0.4, 0.5) is 11.6 Å². The van der Waals surface area contributed by atoms with Gasteiger partial charge in [-0.3, -0.25) is 14.2 Å². The Bertz CT molecular complexity index is 1830. The van der Waals surface area contributed by atoms with Crippen molar-refractivity contribution in [2.45, 2.75) is 32.4 Å². The van der Waals surface area contributed by atoms with Gasteiger partial charge in [-0.25, -0.2) is 23.1 Å². The largest absolute Gasteiger partial charge is 0.487 e. The highest BCUT2D eigenvalue weighted by Gasteiger charge is 2.28. The van der Waals surface area contributed by atoms with Crippen LogP contribution in [0, 0.1) is 6.92 Å². The van der Waals surface area contributed by atoms with Crippen molar-refractivity contribution in [3.63, 3.8) is 0 Å². The number of fused-ring (bicyclic) bond motifs is 1. The summed E-state index contributed by atoms with van der Waals surface area (Å²) in [5.41, 5.74) is 1.94. The Morgan fingerprint density at radius 2 is 1.98 bits per heavy atom. The summed E-state index contributed by atoms with van der Waals surface area (Å²) in [5, 5.41) is 11.3. The van der Waals surface area contributed by atoms with E-state index in [0.29, 0.717) is 41.3 Å². The third-order valence-corrected chi connectivity index (χ3v) is 7.58.